The molecule has 0 saturated carbocycles. The number of benzene rings is 1. The number of sulfonamides is 1. The van der Waals surface area contributed by atoms with Gasteiger partial charge >= 0.3 is 0 Å². The van der Waals surface area contributed by atoms with E-state index in [0.29, 0.717) is 13.1 Å². The smallest absolute Gasteiger partial charge is 0.276 e. The number of halogens is 1. The van der Waals surface area contributed by atoms with Crippen molar-refractivity contribution in [1.82, 2.24) is 9.62 Å². The molecule has 1 atom stereocenters. The van der Waals surface area contributed by atoms with Crippen LogP contribution in [-0.4, -0.2) is 56.9 Å². The highest BCUT2D eigenvalue weighted by atomic mass is 32.2. The zero-order chi connectivity index (χ0) is 20.2. The molecule has 1 saturated heterocycles. The number of quaternary nitrogens is 1. The molecule has 0 spiro atoms. The lowest BCUT2D eigenvalue weighted by atomic mass is 9.90. The number of nitriles is 1. The van der Waals surface area contributed by atoms with Gasteiger partial charge in [0.2, 0.25) is 10.0 Å². The molecule has 1 aliphatic rings. The minimum absolute atomic E-state index is 0.0327. The maximum atomic E-state index is 13.3. The molecule has 1 aliphatic heterocycles. The fraction of sp³-hybridized carbons (Fsp3) is 0.556. The molecular formula is C18H26FN4O3S+. The monoisotopic (exact) mass is 397 g/mol. The first-order valence-electron chi connectivity index (χ1n) is 8.90. The molecule has 1 heterocycles. The number of rotatable bonds is 6. The van der Waals surface area contributed by atoms with E-state index in [1.54, 1.807) is 6.92 Å². The van der Waals surface area contributed by atoms with E-state index >= 15 is 0 Å². The maximum Gasteiger partial charge on any atom is 0.276 e. The minimum atomic E-state index is -3.74. The lowest BCUT2D eigenvalue weighted by Crippen LogP contribution is -3.16. The zero-order valence-corrected chi connectivity index (χ0v) is 16.6. The van der Waals surface area contributed by atoms with Crippen molar-refractivity contribution < 1.29 is 22.5 Å². The average molecular weight is 397 g/mol. The fourth-order valence-electron chi connectivity index (χ4n) is 2.86. The first-order valence-corrected chi connectivity index (χ1v) is 10.3. The normalized spacial score (nSPS) is 18.7. The number of hydrogen-bond donors (Lipinski definition) is 2. The predicted octanol–water partition coefficient (Wildman–Crippen LogP) is -0.231. The Hall–Kier alpha value is -2.02. The summed E-state index contributed by atoms with van der Waals surface area (Å²) in [6.07, 6.45) is 0. The summed E-state index contributed by atoms with van der Waals surface area (Å²) in [4.78, 5) is 13.2. The second-order valence-electron chi connectivity index (χ2n) is 7.31. The van der Waals surface area contributed by atoms with Gasteiger partial charge in [0.05, 0.1) is 37.1 Å². The fourth-order valence-corrected chi connectivity index (χ4v) is 4.33. The van der Waals surface area contributed by atoms with Gasteiger partial charge in [-0.15, -0.1) is 0 Å². The van der Waals surface area contributed by atoms with Gasteiger partial charge in [-0.05, 0) is 31.0 Å². The Bertz CT molecular complexity index is 829. The van der Waals surface area contributed by atoms with E-state index in [2.05, 4.69) is 11.4 Å². The van der Waals surface area contributed by atoms with Crippen molar-refractivity contribution in [3.63, 3.8) is 0 Å². The van der Waals surface area contributed by atoms with Crippen LogP contribution in [0, 0.1) is 23.1 Å². The van der Waals surface area contributed by atoms with E-state index in [4.69, 9.17) is 0 Å². The third-order valence-corrected chi connectivity index (χ3v) is 6.95. The molecule has 27 heavy (non-hydrogen) atoms. The maximum absolute atomic E-state index is 13.3. The number of hydrogen-bond acceptors (Lipinski definition) is 4. The summed E-state index contributed by atoms with van der Waals surface area (Å²) in [6, 6.07) is 7.09. The Morgan fingerprint density at radius 2 is 2.04 bits per heavy atom. The van der Waals surface area contributed by atoms with Gasteiger partial charge < -0.3 is 10.2 Å². The third kappa shape index (κ3) is 5.03. The third-order valence-electron chi connectivity index (χ3n) is 5.06. The number of amides is 1. The van der Waals surface area contributed by atoms with Crippen LogP contribution in [0.15, 0.2) is 29.2 Å². The van der Waals surface area contributed by atoms with E-state index < -0.39 is 21.4 Å². The van der Waals surface area contributed by atoms with Crippen molar-refractivity contribution in [3.05, 3.63) is 30.1 Å². The van der Waals surface area contributed by atoms with Gasteiger partial charge in [-0.25, -0.2) is 12.8 Å². The molecule has 0 bridgehead atoms. The molecule has 148 valence electrons. The molecule has 1 aromatic carbocycles. The van der Waals surface area contributed by atoms with E-state index in [1.807, 2.05) is 13.8 Å². The topological polar surface area (TPSA) is 94.7 Å². The Morgan fingerprint density at radius 1 is 1.41 bits per heavy atom. The molecule has 7 nitrogen and oxygen atoms in total. The lowest BCUT2D eigenvalue weighted by Gasteiger charge is -2.32. The van der Waals surface area contributed by atoms with Crippen LogP contribution in [0.3, 0.4) is 0 Å². The second kappa shape index (κ2) is 8.33. The van der Waals surface area contributed by atoms with Crippen molar-refractivity contribution >= 4 is 15.9 Å². The van der Waals surface area contributed by atoms with E-state index in [-0.39, 0.29) is 36.4 Å². The largest absolute Gasteiger partial charge is 0.333 e. The van der Waals surface area contributed by atoms with Crippen molar-refractivity contribution in [2.24, 2.45) is 5.92 Å². The van der Waals surface area contributed by atoms with Gasteiger partial charge in [0.25, 0.3) is 5.91 Å². The number of nitrogens with one attached hydrogen (secondary N) is 2. The van der Waals surface area contributed by atoms with Crippen LogP contribution in [0.2, 0.25) is 0 Å². The van der Waals surface area contributed by atoms with Crippen LogP contribution in [-0.2, 0) is 14.8 Å². The predicted molar refractivity (Wildman–Crippen MR) is 97.7 cm³/mol. The molecule has 0 aromatic heterocycles. The first-order chi connectivity index (χ1) is 12.6. The van der Waals surface area contributed by atoms with Gasteiger partial charge in [-0.2, -0.15) is 9.57 Å². The number of carbonyl (C=O) groups is 1. The molecule has 2 N–H and O–H groups in total. The van der Waals surface area contributed by atoms with Crippen LogP contribution < -0.4 is 10.2 Å². The SMILES string of the molecule is CC(C)[C@](C)(C#N)NC(=O)C[NH+]1CCN(S(=O)(=O)c2cccc(F)c2)CC1. The standard InChI is InChI=1S/C18H25FN4O3S/c1-14(2)18(3,13-20)21-17(24)12-22-7-9-23(10-8-22)27(25,26)16-6-4-5-15(19)11-16/h4-6,11,14H,7-10,12H2,1-3H3,(H,21,24)/p+1/t18-/m0/s1. The Labute approximate surface area is 159 Å². The van der Waals surface area contributed by atoms with E-state index in [1.165, 1.54) is 22.5 Å². The highest BCUT2D eigenvalue weighted by Crippen LogP contribution is 2.17. The molecule has 1 amide bonds. The molecule has 1 aromatic rings. The molecule has 0 aliphatic carbocycles. The van der Waals surface area contributed by atoms with Gasteiger partial charge in [0, 0.05) is 0 Å². The van der Waals surface area contributed by atoms with E-state index in [9.17, 15) is 22.9 Å². The summed E-state index contributed by atoms with van der Waals surface area (Å²) in [5.74, 6) is -0.860. The highest BCUT2D eigenvalue weighted by Gasteiger charge is 2.34. The van der Waals surface area contributed by atoms with Gasteiger partial charge in [-0.3, -0.25) is 4.79 Å². The molecule has 0 unspecified atom stereocenters. The second-order valence-corrected chi connectivity index (χ2v) is 9.24. The highest BCUT2D eigenvalue weighted by molar-refractivity contribution is 7.89. The molecular weight excluding hydrogens is 371 g/mol. The summed E-state index contributed by atoms with van der Waals surface area (Å²) in [5, 5.41) is 12.1. The number of piperazine rings is 1. The van der Waals surface area contributed by atoms with Gasteiger partial charge in [-0.1, -0.05) is 19.9 Å². The van der Waals surface area contributed by atoms with E-state index in [0.717, 1.165) is 11.0 Å². The van der Waals surface area contributed by atoms with Crippen LogP contribution in [0.5, 0.6) is 0 Å². The summed E-state index contributed by atoms with van der Waals surface area (Å²) in [6.45, 7) is 7.03. The van der Waals surface area contributed by atoms with Gasteiger partial charge in [0.15, 0.2) is 6.54 Å². The average Bonchev–Trinajstić information content (AvgIpc) is 2.61. The van der Waals surface area contributed by atoms with Crippen LogP contribution >= 0.6 is 0 Å². The number of carbonyl (C=O) groups excluding carboxylic acids is 1. The molecule has 9 heteroatoms. The van der Waals surface area contributed by atoms with Gasteiger partial charge in [0.1, 0.15) is 11.4 Å². The Morgan fingerprint density at radius 3 is 2.56 bits per heavy atom. The van der Waals surface area contributed by atoms with Crippen molar-refractivity contribution in [1.29, 1.82) is 5.26 Å². The van der Waals surface area contributed by atoms with Crippen LogP contribution in [0.4, 0.5) is 4.39 Å². The summed E-state index contributed by atoms with van der Waals surface area (Å²) in [5.41, 5.74) is -0.931. The van der Waals surface area contributed by atoms with Crippen molar-refractivity contribution in [2.75, 3.05) is 32.7 Å². The lowest BCUT2D eigenvalue weighted by molar-refractivity contribution is -0.895. The Kier molecular flexibility index (Phi) is 6.57. The van der Waals surface area contributed by atoms with Crippen molar-refractivity contribution in [3.8, 4) is 6.07 Å². The summed E-state index contributed by atoms with van der Waals surface area (Å²) >= 11 is 0. The Balaban J connectivity index is 1.94. The number of nitrogens with zero attached hydrogens (tertiary/aromatic N) is 2. The van der Waals surface area contributed by atoms with Crippen LogP contribution in [0.25, 0.3) is 0 Å². The molecule has 0 radical (unpaired) electrons. The quantitative estimate of drug-likeness (QED) is 0.693. The zero-order valence-electron chi connectivity index (χ0n) is 15.8. The first kappa shape index (κ1) is 21.3. The van der Waals surface area contributed by atoms with Crippen LogP contribution in [0.1, 0.15) is 20.8 Å². The molecule has 2 rings (SSSR count). The van der Waals surface area contributed by atoms with Crippen molar-refractivity contribution in [2.45, 2.75) is 31.2 Å². The summed E-state index contributed by atoms with van der Waals surface area (Å²) in [7, 11) is -3.74. The molecule has 1 fully saturated rings. The minimum Gasteiger partial charge on any atom is -0.333 e. The summed E-state index contributed by atoms with van der Waals surface area (Å²) < 4.78 is 39.9.